The van der Waals surface area contributed by atoms with E-state index in [4.69, 9.17) is 0 Å². The van der Waals surface area contributed by atoms with Gasteiger partial charge in [-0.05, 0) is 24.8 Å². The molecule has 3 nitrogen and oxygen atoms in total. The van der Waals surface area contributed by atoms with Gasteiger partial charge in [-0.2, -0.15) is 0 Å². The first-order chi connectivity index (χ1) is 7.83. The Balaban J connectivity index is 2.02. The largest absolute Gasteiger partial charge is 0.373 e. The number of rotatable bonds is 3. The van der Waals surface area contributed by atoms with Crippen LogP contribution >= 0.6 is 0 Å². The van der Waals surface area contributed by atoms with Crippen LogP contribution in [0.2, 0.25) is 0 Å². The Morgan fingerprint density at radius 2 is 2.19 bits per heavy atom. The van der Waals surface area contributed by atoms with Gasteiger partial charge >= 0.3 is 0 Å². The SMILES string of the molecule is CCC1CCN(c2ccnc(NC)c2)CC1. The maximum Gasteiger partial charge on any atom is 0.127 e. The van der Waals surface area contributed by atoms with Gasteiger partial charge in [-0.15, -0.1) is 0 Å². The maximum atomic E-state index is 4.25. The van der Waals surface area contributed by atoms with Crippen LogP contribution in [0.25, 0.3) is 0 Å². The van der Waals surface area contributed by atoms with Crippen molar-refractivity contribution in [3.63, 3.8) is 0 Å². The van der Waals surface area contributed by atoms with Gasteiger partial charge in [0.05, 0.1) is 0 Å². The van der Waals surface area contributed by atoms with E-state index in [2.05, 4.69) is 34.3 Å². The molecule has 0 atom stereocenters. The summed E-state index contributed by atoms with van der Waals surface area (Å²) < 4.78 is 0. The molecule has 1 N–H and O–H groups in total. The molecule has 88 valence electrons. The predicted molar refractivity (Wildman–Crippen MR) is 69.0 cm³/mol. The van der Waals surface area contributed by atoms with Crippen molar-refractivity contribution in [2.24, 2.45) is 5.92 Å². The zero-order valence-electron chi connectivity index (χ0n) is 10.2. The summed E-state index contributed by atoms with van der Waals surface area (Å²) in [6.07, 6.45) is 5.86. The van der Waals surface area contributed by atoms with Crippen molar-refractivity contribution >= 4 is 11.5 Å². The molecule has 0 unspecified atom stereocenters. The summed E-state index contributed by atoms with van der Waals surface area (Å²) in [5, 5.41) is 3.09. The summed E-state index contributed by atoms with van der Waals surface area (Å²) >= 11 is 0. The molecule has 0 radical (unpaired) electrons. The number of anilines is 2. The van der Waals surface area contributed by atoms with Crippen LogP contribution < -0.4 is 10.2 Å². The molecule has 1 aliphatic heterocycles. The van der Waals surface area contributed by atoms with Gasteiger partial charge in [-0.1, -0.05) is 13.3 Å². The van der Waals surface area contributed by atoms with Crippen molar-refractivity contribution in [2.75, 3.05) is 30.4 Å². The maximum absolute atomic E-state index is 4.25. The molecule has 0 saturated carbocycles. The first-order valence-electron chi connectivity index (χ1n) is 6.22. The summed E-state index contributed by atoms with van der Waals surface area (Å²) in [7, 11) is 1.91. The Labute approximate surface area is 97.9 Å². The van der Waals surface area contributed by atoms with Crippen LogP contribution in [-0.4, -0.2) is 25.1 Å². The fourth-order valence-electron chi connectivity index (χ4n) is 2.35. The quantitative estimate of drug-likeness (QED) is 0.847. The lowest BCUT2D eigenvalue weighted by molar-refractivity contribution is 0.395. The normalized spacial score (nSPS) is 17.5. The number of aromatic nitrogens is 1. The first-order valence-corrected chi connectivity index (χ1v) is 6.22. The van der Waals surface area contributed by atoms with Gasteiger partial charge in [0.1, 0.15) is 5.82 Å². The molecule has 0 bridgehead atoms. The topological polar surface area (TPSA) is 28.2 Å². The summed E-state index contributed by atoms with van der Waals surface area (Å²) in [6, 6.07) is 4.24. The highest BCUT2D eigenvalue weighted by Crippen LogP contribution is 2.25. The average molecular weight is 219 g/mol. The Morgan fingerprint density at radius 1 is 1.44 bits per heavy atom. The van der Waals surface area contributed by atoms with Crippen LogP contribution in [0.4, 0.5) is 11.5 Å². The minimum atomic E-state index is 0.932. The number of nitrogens with zero attached hydrogens (tertiary/aromatic N) is 2. The molecule has 0 aliphatic carbocycles. The molecule has 0 aromatic carbocycles. The Morgan fingerprint density at radius 3 is 2.81 bits per heavy atom. The summed E-state index contributed by atoms with van der Waals surface area (Å²) in [6.45, 7) is 4.67. The lowest BCUT2D eigenvalue weighted by atomic mass is 9.94. The van der Waals surface area contributed by atoms with Crippen molar-refractivity contribution in [2.45, 2.75) is 26.2 Å². The van der Waals surface area contributed by atoms with Crippen LogP contribution in [0.5, 0.6) is 0 Å². The van der Waals surface area contributed by atoms with E-state index in [1.807, 2.05) is 13.2 Å². The van der Waals surface area contributed by atoms with E-state index in [-0.39, 0.29) is 0 Å². The third kappa shape index (κ3) is 2.46. The third-order valence-corrected chi connectivity index (χ3v) is 3.56. The molecule has 16 heavy (non-hydrogen) atoms. The Hall–Kier alpha value is -1.25. The second-order valence-corrected chi connectivity index (χ2v) is 4.49. The molecule has 1 saturated heterocycles. The van der Waals surface area contributed by atoms with E-state index in [0.29, 0.717) is 0 Å². The molecule has 2 rings (SSSR count). The molecular weight excluding hydrogens is 198 g/mol. The lowest BCUT2D eigenvalue weighted by Gasteiger charge is -2.33. The van der Waals surface area contributed by atoms with E-state index in [1.165, 1.54) is 38.0 Å². The van der Waals surface area contributed by atoms with Gasteiger partial charge < -0.3 is 10.2 Å². The second-order valence-electron chi connectivity index (χ2n) is 4.49. The Kier molecular flexibility index (Phi) is 3.65. The summed E-state index contributed by atoms with van der Waals surface area (Å²) in [5.74, 6) is 1.89. The van der Waals surface area contributed by atoms with Gasteiger partial charge in [0, 0.05) is 38.1 Å². The van der Waals surface area contributed by atoms with Gasteiger partial charge in [0.25, 0.3) is 0 Å². The monoisotopic (exact) mass is 219 g/mol. The van der Waals surface area contributed by atoms with Gasteiger partial charge in [-0.25, -0.2) is 4.98 Å². The minimum Gasteiger partial charge on any atom is -0.373 e. The molecular formula is C13H21N3. The van der Waals surface area contributed by atoms with E-state index in [9.17, 15) is 0 Å². The standard InChI is InChI=1S/C13H21N3/c1-3-11-5-8-16(9-6-11)12-4-7-15-13(10-12)14-2/h4,7,10-11H,3,5-6,8-9H2,1-2H3,(H,14,15). The highest BCUT2D eigenvalue weighted by Gasteiger charge is 2.17. The number of hydrogen-bond donors (Lipinski definition) is 1. The van der Waals surface area contributed by atoms with Crippen molar-refractivity contribution in [1.29, 1.82) is 0 Å². The van der Waals surface area contributed by atoms with Crippen molar-refractivity contribution in [3.8, 4) is 0 Å². The van der Waals surface area contributed by atoms with Gasteiger partial charge in [-0.3, -0.25) is 0 Å². The first kappa shape index (κ1) is 11.2. The summed E-state index contributed by atoms with van der Waals surface area (Å²) in [5.41, 5.74) is 1.30. The molecule has 1 aromatic rings. The van der Waals surface area contributed by atoms with Crippen LogP contribution in [0.15, 0.2) is 18.3 Å². The molecule has 1 fully saturated rings. The molecule has 0 amide bonds. The summed E-state index contributed by atoms with van der Waals surface area (Å²) in [4.78, 5) is 6.71. The van der Waals surface area contributed by atoms with E-state index >= 15 is 0 Å². The van der Waals surface area contributed by atoms with Crippen LogP contribution in [-0.2, 0) is 0 Å². The fraction of sp³-hybridized carbons (Fsp3) is 0.615. The molecule has 2 heterocycles. The number of piperidine rings is 1. The van der Waals surface area contributed by atoms with Crippen molar-refractivity contribution in [1.82, 2.24) is 4.98 Å². The number of pyridine rings is 1. The molecule has 1 aromatic heterocycles. The minimum absolute atomic E-state index is 0.932. The zero-order valence-corrected chi connectivity index (χ0v) is 10.2. The van der Waals surface area contributed by atoms with Gasteiger partial charge in [0.15, 0.2) is 0 Å². The third-order valence-electron chi connectivity index (χ3n) is 3.56. The lowest BCUT2D eigenvalue weighted by Crippen LogP contribution is -2.33. The smallest absolute Gasteiger partial charge is 0.127 e. The van der Waals surface area contributed by atoms with E-state index < -0.39 is 0 Å². The van der Waals surface area contributed by atoms with Crippen molar-refractivity contribution < 1.29 is 0 Å². The second kappa shape index (κ2) is 5.19. The van der Waals surface area contributed by atoms with E-state index in [1.54, 1.807) is 0 Å². The molecule has 0 spiro atoms. The number of hydrogen-bond acceptors (Lipinski definition) is 3. The van der Waals surface area contributed by atoms with Crippen LogP contribution in [0.1, 0.15) is 26.2 Å². The highest BCUT2D eigenvalue weighted by molar-refractivity contribution is 5.53. The van der Waals surface area contributed by atoms with Gasteiger partial charge in [0.2, 0.25) is 0 Å². The average Bonchev–Trinajstić information content (AvgIpc) is 2.39. The fourth-order valence-corrected chi connectivity index (χ4v) is 2.35. The van der Waals surface area contributed by atoms with Crippen LogP contribution in [0.3, 0.4) is 0 Å². The molecule has 1 aliphatic rings. The Bertz CT molecular complexity index is 330. The molecule has 3 heteroatoms. The number of nitrogens with one attached hydrogen (secondary N) is 1. The van der Waals surface area contributed by atoms with Crippen LogP contribution in [0, 0.1) is 5.92 Å². The van der Waals surface area contributed by atoms with E-state index in [0.717, 1.165) is 11.7 Å². The highest BCUT2D eigenvalue weighted by atomic mass is 15.1. The predicted octanol–water partition coefficient (Wildman–Crippen LogP) is 2.75. The van der Waals surface area contributed by atoms with Crippen molar-refractivity contribution in [3.05, 3.63) is 18.3 Å². The zero-order chi connectivity index (χ0) is 11.4.